The molecule has 0 fully saturated rings. The molecule has 0 bridgehead atoms. The average molecular weight is 238 g/mol. The van der Waals surface area contributed by atoms with Gasteiger partial charge in [0.2, 0.25) is 6.20 Å². The molecule has 0 unspecified atom stereocenters. The van der Waals surface area contributed by atoms with Crippen LogP contribution in [-0.2, 0) is 0 Å². The smallest absolute Gasteiger partial charge is 0.235 e. The molecule has 82 valence electrons. The topological polar surface area (TPSA) is 56.3 Å². The van der Waals surface area contributed by atoms with Crippen LogP contribution >= 0.6 is 11.6 Å². The lowest BCUT2D eigenvalue weighted by molar-refractivity contribution is -0.400. The first-order valence-corrected chi connectivity index (χ1v) is 4.96. The van der Waals surface area contributed by atoms with E-state index >= 15 is 0 Å². The zero-order valence-electron chi connectivity index (χ0n) is 8.44. The quantitative estimate of drug-likeness (QED) is 0.592. The number of halogens is 1. The summed E-state index contributed by atoms with van der Waals surface area (Å²) in [5.74, 6) is 0.612. The van der Waals surface area contributed by atoms with E-state index < -0.39 is 4.92 Å². The van der Waals surface area contributed by atoms with E-state index in [0.717, 1.165) is 11.6 Å². The van der Waals surface area contributed by atoms with Gasteiger partial charge in [0.05, 0.1) is 9.95 Å². The fourth-order valence-electron chi connectivity index (χ4n) is 1.56. The van der Waals surface area contributed by atoms with Crippen molar-refractivity contribution in [3.05, 3.63) is 50.9 Å². The summed E-state index contributed by atoms with van der Waals surface area (Å²) in [6.45, 7) is 1.75. The second-order valence-electron chi connectivity index (χ2n) is 3.29. The molecule has 0 saturated carbocycles. The summed E-state index contributed by atoms with van der Waals surface area (Å²) in [6.07, 6.45) is 2.30. The summed E-state index contributed by atoms with van der Waals surface area (Å²) >= 11 is 5.95. The van der Waals surface area contributed by atoms with Gasteiger partial charge in [-0.25, -0.2) is 0 Å². The van der Waals surface area contributed by atoms with Crippen LogP contribution in [0.3, 0.4) is 0 Å². The molecule has 2 rings (SSSR count). The molecule has 16 heavy (non-hydrogen) atoms. The molecule has 4 nitrogen and oxygen atoms in total. The van der Waals surface area contributed by atoms with Gasteiger partial charge in [0.1, 0.15) is 5.76 Å². The second-order valence-corrected chi connectivity index (χ2v) is 3.70. The van der Waals surface area contributed by atoms with E-state index in [-0.39, 0.29) is 0 Å². The number of rotatable bonds is 2. The minimum atomic E-state index is -0.511. The Morgan fingerprint density at radius 2 is 2.25 bits per heavy atom. The molecule has 1 aromatic heterocycles. The number of aryl methyl sites for hydroxylation is 1. The van der Waals surface area contributed by atoms with Gasteiger partial charge in [0.15, 0.2) is 5.58 Å². The summed E-state index contributed by atoms with van der Waals surface area (Å²) in [5, 5.41) is 11.6. The van der Waals surface area contributed by atoms with Crippen LogP contribution in [0.25, 0.3) is 17.0 Å². The summed E-state index contributed by atoms with van der Waals surface area (Å²) in [7, 11) is 0. The number of hydrogen-bond acceptors (Lipinski definition) is 3. The van der Waals surface area contributed by atoms with E-state index in [0.29, 0.717) is 21.9 Å². The summed E-state index contributed by atoms with van der Waals surface area (Å²) in [4.78, 5) is 9.76. The summed E-state index contributed by atoms with van der Waals surface area (Å²) in [5.41, 5.74) is 1.25. The zero-order chi connectivity index (χ0) is 11.7. The van der Waals surface area contributed by atoms with Crippen molar-refractivity contribution >= 4 is 28.6 Å². The highest BCUT2D eigenvalue weighted by Crippen LogP contribution is 2.31. The maximum Gasteiger partial charge on any atom is 0.235 e. The van der Waals surface area contributed by atoms with Crippen molar-refractivity contribution in [2.75, 3.05) is 0 Å². The molecule has 0 radical (unpaired) electrons. The van der Waals surface area contributed by atoms with Gasteiger partial charge < -0.3 is 4.42 Å². The van der Waals surface area contributed by atoms with Crippen LogP contribution in [0.4, 0.5) is 0 Å². The average Bonchev–Trinajstić information content (AvgIpc) is 2.53. The number of hydrogen-bond donors (Lipinski definition) is 0. The monoisotopic (exact) mass is 237 g/mol. The molecule has 0 spiro atoms. The molecule has 0 saturated heterocycles. The van der Waals surface area contributed by atoms with Gasteiger partial charge in [0, 0.05) is 17.0 Å². The van der Waals surface area contributed by atoms with E-state index in [9.17, 15) is 10.1 Å². The highest BCUT2D eigenvalue weighted by atomic mass is 35.5. The third-order valence-corrected chi connectivity index (χ3v) is 2.55. The molecule has 1 heterocycles. The van der Waals surface area contributed by atoms with Crippen molar-refractivity contribution in [3.8, 4) is 0 Å². The molecule has 0 N–H and O–H groups in total. The van der Waals surface area contributed by atoms with Crippen LogP contribution in [0, 0.1) is 17.0 Å². The normalized spacial score (nSPS) is 11.4. The fraction of sp³-hybridized carbons (Fsp3) is 0.0909. The molecular formula is C11H8ClNO3. The first-order valence-electron chi connectivity index (χ1n) is 4.59. The molecular weight excluding hydrogens is 230 g/mol. The SMILES string of the molecule is Cc1oc2c(Cl)cccc2c1C=C[N+](=O)[O-]. The predicted molar refractivity (Wildman–Crippen MR) is 62.0 cm³/mol. The second kappa shape index (κ2) is 3.98. The first-order chi connectivity index (χ1) is 7.59. The van der Waals surface area contributed by atoms with Crippen LogP contribution in [-0.4, -0.2) is 4.92 Å². The number of nitro groups is 1. The first kappa shape index (κ1) is 10.7. The zero-order valence-corrected chi connectivity index (χ0v) is 9.19. The highest BCUT2D eigenvalue weighted by molar-refractivity contribution is 6.35. The van der Waals surface area contributed by atoms with Crippen LogP contribution in [0.1, 0.15) is 11.3 Å². The third-order valence-electron chi connectivity index (χ3n) is 2.25. The van der Waals surface area contributed by atoms with Crippen molar-refractivity contribution in [1.82, 2.24) is 0 Å². The van der Waals surface area contributed by atoms with Gasteiger partial charge in [-0.15, -0.1) is 0 Å². The van der Waals surface area contributed by atoms with Gasteiger partial charge in [-0.2, -0.15) is 0 Å². The largest absolute Gasteiger partial charge is 0.459 e. The summed E-state index contributed by atoms with van der Waals surface area (Å²) < 4.78 is 5.46. The Kier molecular flexibility index (Phi) is 2.66. The fourth-order valence-corrected chi connectivity index (χ4v) is 1.78. The standard InChI is InChI=1S/C11H8ClNO3/c1-7-8(5-6-13(14)15)9-3-2-4-10(12)11(9)16-7/h2-6H,1H3. The van der Waals surface area contributed by atoms with E-state index in [1.807, 2.05) is 6.07 Å². The van der Waals surface area contributed by atoms with Crippen molar-refractivity contribution < 1.29 is 9.34 Å². The van der Waals surface area contributed by atoms with Crippen molar-refractivity contribution in [2.45, 2.75) is 6.92 Å². The van der Waals surface area contributed by atoms with Crippen molar-refractivity contribution in [2.24, 2.45) is 0 Å². The third kappa shape index (κ3) is 1.79. The number of nitrogens with zero attached hydrogens (tertiary/aromatic N) is 1. The molecule has 0 amide bonds. The van der Waals surface area contributed by atoms with E-state index in [1.54, 1.807) is 19.1 Å². The number of para-hydroxylation sites is 1. The Hall–Kier alpha value is -1.81. The number of furan rings is 1. The minimum Gasteiger partial charge on any atom is -0.459 e. The van der Waals surface area contributed by atoms with Crippen LogP contribution in [0.5, 0.6) is 0 Å². The summed E-state index contributed by atoms with van der Waals surface area (Å²) in [6, 6.07) is 5.31. The van der Waals surface area contributed by atoms with E-state index in [4.69, 9.17) is 16.0 Å². The molecule has 2 aromatic rings. The Bertz CT molecular complexity index is 586. The molecule has 1 aromatic carbocycles. The molecule has 0 aliphatic heterocycles. The molecule has 0 aliphatic carbocycles. The molecule has 0 aliphatic rings. The predicted octanol–water partition coefficient (Wildman–Crippen LogP) is 3.64. The van der Waals surface area contributed by atoms with Gasteiger partial charge in [-0.1, -0.05) is 23.7 Å². The Morgan fingerprint density at radius 3 is 2.94 bits per heavy atom. The molecule has 0 atom stereocenters. The Morgan fingerprint density at radius 1 is 1.50 bits per heavy atom. The van der Waals surface area contributed by atoms with Crippen molar-refractivity contribution in [1.29, 1.82) is 0 Å². The van der Waals surface area contributed by atoms with Crippen molar-refractivity contribution in [3.63, 3.8) is 0 Å². The maximum absolute atomic E-state index is 10.3. The van der Waals surface area contributed by atoms with Gasteiger partial charge >= 0.3 is 0 Å². The lowest BCUT2D eigenvalue weighted by atomic mass is 10.1. The van der Waals surface area contributed by atoms with Gasteiger partial charge in [-0.3, -0.25) is 10.1 Å². The maximum atomic E-state index is 10.3. The number of benzene rings is 1. The highest BCUT2D eigenvalue weighted by Gasteiger charge is 2.11. The van der Waals surface area contributed by atoms with Crippen LogP contribution < -0.4 is 0 Å². The molecule has 5 heteroatoms. The van der Waals surface area contributed by atoms with Crippen LogP contribution in [0.2, 0.25) is 5.02 Å². The lowest BCUT2D eigenvalue weighted by Crippen LogP contribution is -1.82. The van der Waals surface area contributed by atoms with Gasteiger partial charge in [-0.05, 0) is 13.0 Å². The Balaban J connectivity index is 2.65. The van der Waals surface area contributed by atoms with E-state index in [2.05, 4.69) is 0 Å². The minimum absolute atomic E-state index is 0.501. The van der Waals surface area contributed by atoms with E-state index in [1.165, 1.54) is 6.08 Å². The number of fused-ring (bicyclic) bond motifs is 1. The van der Waals surface area contributed by atoms with Crippen LogP contribution in [0.15, 0.2) is 28.8 Å². The Labute approximate surface area is 96.3 Å². The van der Waals surface area contributed by atoms with Gasteiger partial charge in [0.25, 0.3) is 0 Å². The lowest BCUT2D eigenvalue weighted by Gasteiger charge is -1.91.